The maximum atomic E-state index is 12.2. The topological polar surface area (TPSA) is 29.5 Å². The number of carbonyl (C=O) groups is 1. The lowest BCUT2D eigenvalue weighted by atomic mass is 10.0. The van der Waals surface area contributed by atoms with E-state index in [0.717, 1.165) is 30.9 Å². The molecule has 0 aromatic heterocycles. The fraction of sp³-hybridized carbons (Fsp3) is 0.533. The fourth-order valence-corrected chi connectivity index (χ4v) is 3.08. The van der Waals surface area contributed by atoms with E-state index in [-0.39, 0.29) is 11.9 Å². The molecule has 1 aromatic rings. The van der Waals surface area contributed by atoms with Crippen molar-refractivity contribution in [2.45, 2.75) is 25.8 Å². The highest BCUT2D eigenvalue weighted by Crippen LogP contribution is 2.33. The van der Waals surface area contributed by atoms with Gasteiger partial charge in [-0.1, -0.05) is 19.1 Å². The SMILES string of the molecule is CCSCC(=O)N1CCCC1c1cccc(OC)c1. The molecule has 0 spiro atoms. The van der Waals surface area contributed by atoms with E-state index in [2.05, 4.69) is 13.0 Å². The minimum Gasteiger partial charge on any atom is -0.497 e. The highest BCUT2D eigenvalue weighted by molar-refractivity contribution is 7.99. The van der Waals surface area contributed by atoms with Crippen molar-refractivity contribution in [3.05, 3.63) is 29.8 Å². The lowest BCUT2D eigenvalue weighted by Crippen LogP contribution is -2.32. The quantitative estimate of drug-likeness (QED) is 0.829. The molecule has 1 amide bonds. The lowest BCUT2D eigenvalue weighted by molar-refractivity contribution is -0.129. The first-order chi connectivity index (χ1) is 9.26. The third kappa shape index (κ3) is 3.44. The summed E-state index contributed by atoms with van der Waals surface area (Å²) in [4.78, 5) is 14.2. The highest BCUT2D eigenvalue weighted by atomic mass is 32.2. The van der Waals surface area contributed by atoms with Crippen LogP contribution in [-0.4, -0.2) is 36.0 Å². The number of methoxy groups -OCH3 is 1. The van der Waals surface area contributed by atoms with E-state index in [1.165, 1.54) is 5.56 Å². The summed E-state index contributed by atoms with van der Waals surface area (Å²) in [5, 5.41) is 0. The number of nitrogens with zero attached hydrogens (tertiary/aromatic N) is 1. The van der Waals surface area contributed by atoms with Crippen LogP contribution in [0.25, 0.3) is 0 Å². The van der Waals surface area contributed by atoms with Crippen LogP contribution in [0.15, 0.2) is 24.3 Å². The van der Waals surface area contributed by atoms with Gasteiger partial charge in [0.25, 0.3) is 0 Å². The molecule has 1 fully saturated rings. The zero-order valence-electron chi connectivity index (χ0n) is 11.6. The molecule has 2 rings (SSSR count). The van der Waals surface area contributed by atoms with Crippen molar-refractivity contribution in [1.29, 1.82) is 0 Å². The molecule has 1 aliphatic heterocycles. The predicted octanol–water partition coefficient (Wildman–Crippen LogP) is 3.11. The number of ether oxygens (including phenoxy) is 1. The van der Waals surface area contributed by atoms with Crippen molar-refractivity contribution >= 4 is 17.7 Å². The second kappa shape index (κ2) is 6.85. The van der Waals surface area contributed by atoms with Gasteiger partial charge in [0.15, 0.2) is 0 Å². The summed E-state index contributed by atoms with van der Waals surface area (Å²) in [6, 6.07) is 8.29. The van der Waals surface area contributed by atoms with E-state index >= 15 is 0 Å². The number of hydrogen-bond donors (Lipinski definition) is 0. The first kappa shape index (κ1) is 14.3. The van der Waals surface area contributed by atoms with Crippen molar-refractivity contribution < 1.29 is 9.53 Å². The molecule has 0 saturated carbocycles. The molecular weight excluding hydrogens is 258 g/mol. The van der Waals surface area contributed by atoms with Gasteiger partial charge in [0.2, 0.25) is 5.91 Å². The van der Waals surface area contributed by atoms with Gasteiger partial charge in [0.05, 0.1) is 18.9 Å². The van der Waals surface area contributed by atoms with Gasteiger partial charge in [0, 0.05) is 6.54 Å². The molecule has 0 radical (unpaired) electrons. The second-order valence-electron chi connectivity index (χ2n) is 4.66. The smallest absolute Gasteiger partial charge is 0.233 e. The van der Waals surface area contributed by atoms with Crippen LogP contribution < -0.4 is 4.74 Å². The molecule has 1 unspecified atom stereocenters. The number of carbonyl (C=O) groups excluding carboxylic acids is 1. The summed E-state index contributed by atoms with van der Waals surface area (Å²) in [5.41, 5.74) is 1.19. The van der Waals surface area contributed by atoms with Gasteiger partial charge in [0.1, 0.15) is 5.75 Å². The average Bonchev–Trinajstić information content (AvgIpc) is 2.94. The van der Waals surface area contributed by atoms with E-state index in [9.17, 15) is 4.79 Å². The molecule has 4 heteroatoms. The summed E-state index contributed by atoms with van der Waals surface area (Å²) < 4.78 is 5.27. The van der Waals surface area contributed by atoms with Crippen LogP contribution in [-0.2, 0) is 4.79 Å². The summed E-state index contributed by atoms with van der Waals surface area (Å²) in [6.45, 7) is 2.96. The number of rotatable bonds is 5. The number of likely N-dealkylation sites (tertiary alicyclic amines) is 1. The fourth-order valence-electron chi connectivity index (χ4n) is 2.53. The lowest BCUT2D eigenvalue weighted by Gasteiger charge is -2.25. The van der Waals surface area contributed by atoms with Gasteiger partial charge in [-0.2, -0.15) is 11.8 Å². The van der Waals surface area contributed by atoms with Crippen LogP contribution in [0, 0.1) is 0 Å². The molecule has 0 N–H and O–H groups in total. The molecule has 104 valence electrons. The average molecular weight is 279 g/mol. The van der Waals surface area contributed by atoms with E-state index in [1.54, 1.807) is 18.9 Å². The minimum absolute atomic E-state index is 0.222. The Morgan fingerprint density at radius 2 is 2.37 bits per heavy atom. The zero-order chi connectivity index (χ0) is 13.7. The van der Waals surface area contributed by atoms with Crippen LogP contribution >= 0.6 is 11.8 Å². The largest absolute Gasteiger partial charge is 0.497 e. The predicted molar refractivity (Wildman–Crippen MR) is 79.7 cm³/mol. The molecule has 1 aromatic carbocycles. The maximum absolute atomic E-state index is 12.2. The normalized spacial score (nSPS) is 18.6. The van der Waals surface area contributed by atoms with Crippen molar-refractivity contribution in [1.82, 2.24) is 4.90 Å². The molecule has 3 nitrogen and oxygen atoms in total. The van der Waals surface area contributed by atoms with Gasteiger partial charge in [-0.15, -0.1) is 0 Å². The summed E-state index contributed by atoms with van der Waals surface area (Å²) in [7, 11) is 1.68. The molecule has 1 aliphatic rings. The second-order valence-corrected chi connectivity index (χ2v) is 5.93. The molecule has 0 bridgehead atoms. The minimum atomic E-state index is 0.222. The van der Waals surface area contributed by atoms with Gasteiger partial charge >= 0.3 is 0 Å². The molecule has 1 atom stereocenters. The molecular formula is C15H21NO2S. The first-order valence-electron chi connectivity index (χ1n) is 6.77. The third-order valence-corrected chi connectivity index (χ3v) is 4.34. The number of hydrogen-bond acceptors (Lipinski definition) is 3. The Bertz CT molecular complexity index is 436. The van der Waals surface area contributed by atoms with Crippen molar-refractivity contribution in [2.24, 2.45) is 0 Å². The van der Waals surface area contributed by atoms with E-state index < -0.39 is 0 Å². The van der Waals surface area contributed by atoms with Crippen LogP contribution in [0.3, 0.4) is 0 Å². The van der Waals surface area contributed by atoms with Gasteiger partial charge in [-0.05, 0) is 36.3 Å². The van der Waals surface area contributed by atoms with Crippen molar-refractivity contribution in [3.8, 4) is 5.75 Å². The Morgan fingerprint density at radius 1 is 1.53 bits per heavy atom. The monoisotopic (exact) mass is 279 g/mol. The molecule has 19 heavy (non-hydrogen) atoms. The Kier molecular flexibility index (Phi) is 5.14. The summed E-state index contributed by atoms with van der Waals surface area (Å²) >= 11 is 1.69. The van der Waals surface area contributed by atoms with Crippen LogP contribution in [0.5, 0.6) is 5.75 Å². The number of thioether (sulfide) groups is 1. The Hall–Kier alpha value is -1.16. The van der Waals surface area contributed by atoms with E-state index in [1.807, 2.05) is 23.1 Å². The first-order valence-corrected chi connectivity index (χ1v) is 7.93. The molecule has 1 heterocycles. The molecule has 0 aliphatic carbocycles. The number of benzene rings is 1. The van der Waals surface area contributed by atoms with Crippen molar-refractivity contribution in [2.75, 3.05) is 25.2 Å². The summed E-state index contributed by atoms with van der Waals surface area (Å²) in [5.74, 6) is 2.71. The van der Waals surface area contributed by atoms with Crippen molar-refractivity contribution in [3.63, 3.8) is 0 Å². The van der Waals surface area contributed by atoms with E-state index in [0.29, 0.717) is 5.75 Å². The number of amides is 1. The Balaban J connectivity index is 2.11. The maximum Gasteiger partial charge on any atom is 0.233 e. The Morgan fingerprint density at radius 3 is 3.11 bits per heavy atom. The highest BCUT2D eigenvalue weighted by Gasteiger charge is 2.29. The van der Waals surface area contributed by atoms with Gasteiger partial charge < -0.3 is 9.64 Å². The van der Waals surface area contributed by atoms with Gasteiger partial charge in [-0.25, -0.2) is 0 Å². The Labute approximate surface area is 119 Å². The summed E-state index contributed by atoms with van der Waals surface area (Å²) in [6.07, 6.45) is 2.14. The van der Waals surface area contributed by atoms with Crippen LogP contribution in [0.2, 0.25) is 0 Å². The standard InChI is InChI=1S/C15H21NO2S/c1-3-19-11-15(17)16-9-5-8-14(16)12-6-4-7-13(10-12)18-2/h4,6-7,10,14H,3,5,8-9,11H2,1-2H3. The van der Waals surface area contributed by atoms with Gasteiger partial charge in [-0.3, -0.25) is 4.79 Å². The van der Waals surface area contributed by atoms with Crippen LogP contribution in [0.1, 0.15) is 31.4 Å². The van der Waals surface area contributed by atoms with E-state index in [4.69, 9.17) is 4.74 Å². The zero-order valence-corrected chi connectivity index (χ0v) is 12.4. The van der Waals surface area contributed by atoms with Crippen LogP contribution in [0.4, 0.5) is 0 Å². The molecule has 1 saturated heterocycles. The third-order valence-electron chi connectivity index (χ3n) is 3.48.